The highest BCUT2D eigenvalue weighted by molar-refractivity contribution is 7.12. The molecule has 0 saturated heterocycles. The van der Waals surface area contributed by atoms with Gasteiger partial charge in [-0.15, -0.1) is 11.3 Å². The van der Waals surface area contributed by atoms with Gasteiger partial charge in [-0.05, 0) is 29.1 Å². The topological polar surface area (TPSA) is 116 Å². The molecule has 0 spiro atoms. The fourth-order valence-corrected chi connectivity index (χ4v) is 4.34. The maximum Gasteiger partial charge on any atom is 0.285 e. The van der Waals surface area contributed by atoms with Crippen LogP contribution in [0.3, 0.4) is 0 Å². The van der Waals surface area contributed by atoms with Gasteiger partial charge in [-0.1, -0.05) is 12.1 Å². The minimum atomic E-state index is -0.615. The van der Waals surface area contributed by atoms with Crippen LogP contribution in [-0.2, 0) is 11.3 Å². The molecule has 4 rings (SSSR count). The van der Waals surface area contributed by atoms with Crippen molar-refractivity contribution in [2.75, 3.05) is 14.2 Å². The fourth-order valence-electron chi connectivity index (χ4n) is 3.62. The number of hydrazone groups is 1. The second-order valence-corrected chi connectivity index (χ2v) is 8.15. The number of thiophene rings is 1. The van der Waals surface area contributed by atoms with E-state index in [-0.39, 0.29) is 12.2 Å². The van der Waals surface area contributed by atoms with Crippen molar-refractivity contribution in [3.05, 3.63) is 85.0 Å². The van der Waals surface area contributed by atoms with Crippen LogP contribution < -0.4 is 15.0 Å². The minimum absolute atomic E-state index is 0.275. The molecular weight excluding hydrogens is 448 g/mol. The lowest BCUT2D eigenvalue weighted by Gasteiger charge is -2.23. The zero-order valence-corrected chi connectivity index (χ0v) is 18.7. The van der Waals surface area contributed by atoms with E-state index in [4.69, 9.17) is 9.47 Å². The van der Waals surface area contributed by atoms with Crippen LogP contribution in [-0.4, -0.2) is 40.3 Å². The summed E-state index contributed by atoms with van der Waals surface area (Å²) in [4.78, 5) is 36.9. The van der Waals surface area contributed by atoms with Crippen molar-refractivity contribution in [2.45, 2.75) is 19.0 Å². The molecule has 11 heteroatoms. The number of nitro groups is 1. The first-order valence-electron chi connectivity index (χ1n) is 9.91. The van der Waals surface area contributed by atoms with Crippen molar-refractivity contribution in [1.29, 1.82) is 0 Å². The van der Waals surface area contributed by atoms with E-state index in [2.05, 4.69) is 5.10 Å². The number of hydrogen-bond acceptors (Lipinski definition) is 8. The van der Waals surface area contributed by atoms with E-state index in [9.17, 15) is 19.7 Å². The van der Waals surface area contributed by atoms with Gasteiger partial charge in [-0.25, -0.2) is 5.01 Å². The van der Waals surface area contributed by atoms with Crippen LogP contribution >= 0.6 is 11.3 Å². The summed E-state index contributed by atoms with van der Waals surface area (Å²) in [5.41, 5.74) is 0.730. The number of benzene rings is 1. The van der Waals surface area contributed by atoms with Gasteiger partial charge in [0, 0.05) is 18.6 Å². The standard InChI is InChI=1S/C22H20N4O6S/c1-31-18-7-5-14(10-19(18)32-2)17-11-16(20-4-3-9-33-20)23-25(17)22(28)13-24-12-15(26(29)30)6-8-21(24)27/h3-10,12,17H,11,13H2,1-2H3. The highest BCUT2D eigenvalue weighted by atomic mass is 32.1. The van der Waals surface area contributed by atoms with Crippen LogP contribution in [0.2, 0.25) is 0 Å². The van der Waals surface area contributed by atoms with Gasteiger partial charge in [0.15, 0.2) is 11.5 Å². The molecule has 0 N–H and O–H groups in total. The highest BCUT2D eigenvalue weighted by Gasteiger charge is 2.34. The third kappa shape index (κ3) is 4.48. The Balaban J connectivity index is 1.69. The monoisotopic (exact) mass is 468 g/mol. The average molecular weight is 468 g/mol. The molecule has 1 atom stereocenters. The van der Waals surface area contributed by atoms with Crippen LogP contribution in [0.1, 0.15) is 22.9 Å². The molecule has 1 aromatic carbocycles. The van der Waals surface area contributed by atoms with Crippen molar-refractivity contribution < 1.29 is 19.2 Å². The SMILES string of the molecule is COc1ccc(C2CC(c3cccs3)=NN2C(=O)Cn2cc([N+](=O)[O-])ccc2=O)cc1OC. The number of ether oxygens (including phenoxy) is 2. The minimum Gasteiger partial charge on any atom is -0.493 e. The smallest absolute Gasteiger partial charge is 0.285 e. The second kappa shape index (κ2) is 9.25. The molecule has 170 valence electrons. The largest absolute Gasteiger partial charge is 0.493 e. The zero-order valence-electron chi connectivity index (χ0n) is 17.8. The Bertz CT molecular complexity index is 1280. The van der Waals surface area contributed by atoms with Crippen molar-refractivity contribution in [2.24, 2.45) is 5.10 Å². The highest BCUT2D eigenvalue weighted by Crippen LogP contribution is 2.38. The predicted octanol–water partition coefficient (Wildman–Crippen LogP) is 3.21. The summed E-state index contributed by atoms with van der Waals surface area (Å²) in [7, 11) is 3.07. The maximum atomic E-state index is 13.3. The quantitative estimate of drug-likeness (QED) is 0.388. The number of aromatic nitrogens is 1. The summed E-state index contributed by atoms with van der Waals surface area (Å²) >= 11 is 1.51. The molecule has 3 heterocycles. The van der Waals surface area contributed by atoms with E-state index in [1.54, 1.807) is 12.1 Å². The van der Waals surface area contributed by atoms with E-state index in [1.807, 2.05) is 23.6 Å². The van der Waals surface area contributed by atoms with E-state index >= 15 is 0 Å². The van der Waals surface area contributed by atoms with Gasteiger partial charge in [0.1, 0.15) is 6.54 Å². The fraction of sp³-hybridized carbons (Fsp3) is 0.227. The Morgan fingerprint density at radius 3 is 2.67 bits per heavy atom. The van der Waals surface area contributed by atoms with E-state index in [1.165, 1.54) is 30.6 Å². The Kier molecular flexibility index (Phi) is 6.22. The lowest BCUT2D eigenvalue weighted by molar-refractivity contribution is -0.385. The normalized spacial score (nSPS) is 15.3. The number of rotatable bonds is 7. The van der Waals surface area contributed by atoms with Gasteiger partial charge >= 0.3 is 0 Å². The lowest BCUT2D eigenvalue weighted by Crippen LogP contribution is -2.33. The number of carbonyl (C=O) groups excluding carboxylic acids is 1. The van der Waals surface area contributed by atoms with Crippen LogP contribution in [0, 0.1) is 10.1 Å². The van der Waals surface area contributed by atoms with Crippen molar-refractivity contribution in [3.63, 3.8) is 0 Å². The molecule has 0 bridgehead atoms. The van der Waals surface area contributed by atoms with Crippen molar-refractivity contribution in [1.82, 2.24) is 9.58 Å². The lowest BCUT2D eigenvalue weighted by atomic mass is 10.0. The van der Waals surface area contributed by atoms with Crippen molar-refractivity contribution >= 4 is 28.6 Å². The molecule has 10 nitrogen and oxygen atoms in total. The molecule has 0 radical (unpaired) electrons. The summed E-state index contributed by atoms with van der Waals surface area (Å²) in [6, 6.07) is 10.9. The number of hydrogen-bond donors (Lipinski definition) is 0. The summed E-state index contributed by atoms with van der Waals surface area (Å²) < 4.78 is 11.7. The molecule has 1 aliphatic heterocycles. The van der Waals surface area contributed by atoms with Gasteiger partial charge in [-0.3, -0.25) is 24.3 Å². The number of pyridine rings is 1. The summed E-state index contributed by atoms with van der Waals surface area (Å²) in [6.45, 7) is -0.383. The zero-order chi connectivity index (χ0) is 23.5. The number of carbonyl (C=O) groups is 1. The molecule has 0 fully saturated rings. The Morgan fingerprint density at radius 2 is 2.00 bits per heavy atom. The third-order valence-electron chi connectivity index (χ3n) is 5.25. The predicted molar refractivity (Wildman–Crippen MR) is 122 cm³/mol. The van der Waals surface area contributed by atoms with Gasteiger partial charge in [0.25, 0.3) is 17.2 Å². The summed E-state index contributed by atoms with van der Waals surface area (Å²) in [5.74, 6) is 0.602. The van der Waals surface area contributed by atoms with E-state index < -0.39 is 22.4 Å². The first kappa shape index (κ1) is 22.2. The third-order valence-corrected chi connectivity index (χ3v) is 6.17. The van der Waals surface area contributed by atoms with Crippen molar-refractivity contribution in [3.8, 4) is 11.5 Å². The van der Waals surface area contributed by atoms with Gasteiger partial charge < -0.3 is 9.47 Å². The molecule has 1 aliphatic rings. The first-order chi connectivity index (χ1) is 15.9. The molecule has 33 heavy (non-hydrogen) atoms. The van der Waals surface area contributed by atoms with Gasteiger partial charge in [-0.2, -0.15) is 5.10 Å². The van der Waals surface area contributed by atoms with Crippen LogP contribution in [0.4, 0.5) is 5.69 Å². The van der Waals surface area contributed by atoms with Crippen LogP contribution in [0.5, 0.6) is 11.5 Å². The maximum absolute atomic E-state index is 13.3. The van der Waals surface area contributed by atoms with Crippen LogP contribution in [0.15, 0.2) is 63.9 Å². The molecule has 2 aromatic heterocycles. The Labute approximate surface area is 192 Å². The van der Waals surface area contributed by atoms with Gasteiger partial charge in [0.2, 0.25) is 0 Å². The van der Waals surface area contributed by atoms with Crippen LogP contribution in [0.25, 0.3) is 0 Å². The molecule has 1 unspecified atom stereocenters. The summed E-state index contributed by atoms with van der Waals surface area (Å²) in [6.07, 6.45) is 1.52. The summed E-state index contributed by atoms with van der Waals surface area (Å²) in [5, 5.41) is 18.9. The van der Waals surface area contributed by atoms with E-state index in [0.717, 1.165) is 39.0 Å². The second-order valence-electron chi connectivity index (χ2n) is 7.21. The first-order valence-corrected chi connectivity index (χ1v) is 10.8. The number of amides is 1. The molecular formula is C22H20N4O6S. The number of methoxy groups -OCH3 is 2. The molecule has 0 aliphatic carbocycles. The van der Waals surface area contributed by atoms with E-state index in [0.29, 0.717) is 17.9 Å². The molecule has 1 amide bonds. The molecule has 0 saturated carbocycles. The average Bonchev–Trinajstić information content (AvgIpc) is 3.50. The Morgan fingerprint density at radius 1 is 1.21 bits per heavy atom. The molecule has 3 aromatic rings. The Hall–Kier alpha value is -3.99. The number of nitrogens with zero attached hydrogens (tertiary/aromatic N) is 4. The van der Waals surface area contributed by atoms with Gasteiger partial charge in [0.05, 0.1) is 42.0 Å².